The lowest BCUT2D eigenvalue weighted by Gasteiger charge is -2.12. The molecule has 0 aliphatic rings. The van der Waals surface area contributed by atoms with E-state index >= 15 is 0 Å². The van der Waals surface area contributed by atoms with Gasteiger partial charge in [-0.25, -0.2) is 4.98 Å². The number of nitrogens with one attached hydrogen (secondary N) is 1. The summed E-state index contributed by atoms with van der Waals surface area (Å²) in [5.41, 5.74) is 3.22. The molecule has 2 aromatic carbocycles. The topological polar surface area (TPSA) is 69.0 Å². The maximum atomic E-state index is 12.4. The molecule has 1 amide bonds. The second-order valence-corrected chi connectivity index (χ2v) is 7.23. The fraction of sp³-hybridized carbons (Fsp3) is 0.174. The molecule has 0 atom stereocenters. The van der Waals surface area contributed by atoms with Crippen LogP contribution in [0.5, 0.6) is 5.75 Å². The molecular formula is C23H21ClN4O2. The molecule has 0 unspecified atom stereocenters. The normalized spacial score (nSPS) is 10.9. The number of hydrogen-bond donors (Lipinski definition) is 1. The number of rotatable bonds is 7. The minimum Gasteiger partial charge on any atom is -0.492 e. The molecule has 0 spiro atoms. The second-order valence-electron chi connectivity index (χ2n) is 6.83. The molecule has 152 valence electrons. The van der Waals surface area contributed by atoms with Gasteiger partial charge in [-0.2, -0.15) is 0 Å². The number of pyridine rings is 1. The van der Waals surface area contributed by atoms with Gasteiger partial charge in [-0.05, 0) is 55.0 Å². The predicted molar refractivity (Wildman–Crippen MR) is 117 cm³/mol. The number of carbonyl (C=O) groups excluding carboxylic acids is 1. The number of para-hydroxylation sites is 2. The zero-order valence-electron chi connectivity index (χ0n) is 16.5. The zero-order valence-corrected chi connectivity index (χ0v) is 17.3. The number of aromatic nitrogens is 3. The molecule has 2 aromatic heterocycles. The summed E-state index contributed by atoms with van der Waals surface area (Å²) in [6.07, 6.45) is 1.60. The van der Waals surface area contributed by atoms with Gasteiger partial charge in [-0.3, -0.25) is 9.78 Å². The molecule has 0 saturated carbocycles. The Morgan fingerprint density at radius 2 is 1.97 bits per heavy atom. The van der Waals surface area contributed by atoms with Crippen LogP contribution >= 0.6 is 11.6 Å². The number of halogens is 1. The van der Waals surface area contributed by atoms with Crippen molar-refractivity contribution in [1.29, 1.82) is 0 Å². The highest BCUT2D eigenvalue weighted by Crippen LogP contribution is 2.21. The summed E-state index contributed by atoms with van der Waals surface area (Å²) in [7, 11) is 0. The number of carbonyl (C=O) groups is 1. The first kappa shape index (κ1) is 19.9. The lowest BCUT2D eigenvalue weighted by atomic mass is 10.2. The van der Waals surface area contributed by atoms with Gasteiger partial charge in [0.05, 0.1) is 24.1 Å². The maximum absolute atomic E-state index is 12.4. The van der Waals surface area contributed by atoms with Crippen LogP contribution in [0.3, 0.4) is 0 Å². The van der Waals surface area contributed by atoms with Gasteiger partial charge in [0.15, 0.2) is 0 Å². The lowest BCUT2D eigenvalue weighted by Crippen LogP contribution is -2.26. The third-order valence-corrected chi connectivity index (χ3v) is 5.18. The van der Waals surface area contributed by atoms with Gasteiger partial charge in [0, 0.05) is 11.2 Å². The largest absolute Gasteiger partial charge is 0.492 e. The van der Waals surface area contributed by atoms with E-state index in [0.717, 1.165) is 28.2 Å². The Morgan fingerprint density at radius 3 is 2.77 bits per heavy atom. The van der Waals surface area contributed by atoms with Crippen molar-refractivity contribution in [2.24, 2.45) is 0 Å². The van der Waals surface area contributed by atoms with Crippen LogP contribution in [0.25, 0.3) is 11.0 Å². The Balaban J connectivity index is 1.48. The van der Waals surface area contributed by atoms with Crippen LogP contribution < -0.4 is 10.1 Å². The van der Waals surface area contributed by atoms with Crippen LogP contribution in [0.1, 0.15) is 21.9 Å². The standard InChI is InChI=1S/C23H21ClN4O2/c1-16-14-17(9-10-18(16)24)30-13-12-28-21-8-3-2-6-19(21)27-22(28)15-26-23(29)20-7-4-5-11-25-20/h2-11,14H,12-13,15H2,1H3,(H,26,29). The van der Waals surface area contributed by atoms with Gasteiger partial charge in [0.25, 0.3) is 5.91 Å². The Bertz CT molecular complexity index is 1170. The predicted octanol–water partition coefficient (Wildman–Crippen LogP) is 4.40. The summed E-state index contributed by atoms with van der Waals surface area (Å²) in [5, 5.41) is 3.61. The number of imidazole rings is 1. The monoisotopic (exact) mass is 420 g/mol. The third kappa shape index (κ3) is 4.44. The minimum atomic E-state index is -0.234. The van der Waals surface area contributed by atoms with E-state index in [4.69, 9.17) is 16.3 Å². The summed E-state index contributed by atoms with van der Waals surface area (Å²) in [6, 6.07) is 18.7. The van der Waals surface area contributed by atoms with E-state index in [-0.39, 0.29) is 5.91 Å². The maximum Gasteiger partial charge on any atom is 0.270 e. The molecule has 1 N–H and O–H groups in total. The van der Waals surface area contributed by atoms with Crippen LogP contribution in [0.15, 0.2) is 66.9 Å². The van der Waals surface area contributed by atoms with E-state index in [1.54, 1.807) is 24.4 Å². The summed E-state index contributed by atoms with van der Waals surface area (Å²) >= 11 is 6.08. The van der Waals surface area contributed by atoms with Crippen molar-refractivity contribution in [2.75, 3.05) is 6.61 Å². The molecule has 0 radical (unpaired) electrons. The van der Waals surface area contributed by atoms with Crippen LogP contribution in [-0.2, 0) is 13.1 Å². The number of benzene rings is 2. The Hall–Kier alpha value is -3.38. The Labute approximate surface area is 179 Å². The van der Waals surface area contributed by atoms with Gasteiger partial charge in [-0.1, -0.05) is 29.8 Å². The van der Waals surface area contributed by atoms with Crippen molar-refractivity contribution in [3.63, 3.8) is 0 Å². The van der Waals surface area contributed by atoms with Crippen molar-refractivity contribution >= 4 is 28.5 Å². The zero-order chi connectivity index (χ0) is 20.9. The van der Waals surface area contributed by atoms with E-state index in [0.29, 0.717) is 30.4 Å². The van der Waals surface area contributed by atoms with Crippen molar-refractivity contribution in [3.05, 3.63) is 89.0 Å². The van der Waals surface area contributed by atoms with E-state index in [2.05, 4.69) is 19.9 Å². The smallest absolute Gasteiger partial charge is 0.270 e. The molecule has 6 nitrogen and oxygen atoms in total. The SMILES string of the molecule is Cc1cc(OCCn2c(CNC(=O)c3ccccn3)nc3ccccc32)ccc1Cl. The van der Waals surface area contributed by atoms with Crippen molar-refractivity contribution in [2.45, 2.75) is 20.0 Å². The highest BCUT2D eigenvalue weighted by Gasteiger charge is 2.13. The molecule has 0 fully saturated rings. The van der Waals surface area contributed by atoms with Crippen molar-refractivity contribution in [1.82, 2.24) is 19.9 Å². The average Bonchev–Trinajstić information content (AvgIpc) is 3.13. The first-order valence-electron chi connectivity index (χ1n) is 9.64. The van der Waals surface area contributed by atoms with Crippen LogP contribution in [0.2, 0.25) is 5.02 Å². The average molecular weight is 421 g/mol. The number of ether oxygens (including phenoxy) is 1. The number of nitrogens with zero attached hydrogens (tertiary/aromatic N) is 3. The second kappa shape index (κ2) is 8.97. The van der Waals surface area contributed by atoms with E-state index in [1.165, 1.54) is 0 Å². The molecule has 0 aliphatic carbocycles. The molecule has 4 aromatic rings. The number of hydrogen-bond acceptors (Lipinski definition) is 4. The quantitative estimate of drug-likeness (QED) is 0.481. The summed E-state index contributed by atoms with van der Waals surface area (Å²) in [6.45, 7) is 3.30. The number of aryl methyl sites for hydroxylation is 1. The van der Waals surface area contributed by atoms with Gasteiger partial charge >= 0.3 is 0 Å². The fourth-order valence-corrected chi connectivity index (χ4v) is 3.34. The van der Waals surface area contributed by atoms with Crippen LogP contribution in [-0.4, -0.2) is 27.0 Å². The number of fused-ring (bicyclic) bond motifs is 1. The summed E-state index contributed by atoms with van der Waals surface area (Å²) < 4.78 is 7.98. The van der Waals surface area contributed by atoms with Gasteiger partial charge in [0.1, 0.15) is 23.9 Å². The molecule has 0 saturated heterocycles. The molecule has 0 aliphatic heterocycles. The Morgan fingerprint density at radius 1 is 1.13 bits per heavy atom. The molecule has 7 heteroatoms. The fourth-order valence-electron chi connectivity index (χ4n) is 3.22. The molecular weight excluding hydrogens is 400 g/mol. The highest BCUT2D eigenvalue weighted by molar-refractivity contribution is 6.31. The highest BCUT2D eigenvalue weighted by atomic mass is 35.5. The summed E-state index contributed by atoms with van der Waals surface area (Å²) in [5.74, 6) is 1.30. The molecule has 4 rings (SSSR count). The molecule has 30 heavy (non-hydrogen) atoms. The van der Waals surface area contributed by atoms with Crippen molar-refractivity contribution in [3.8, 4) is 5.75 Å². The van der Waals surface area contributed by atoms with E-state index in [1.807, 2.05) is 49.4 Å². The van der Waals surface area contributed by atoms with E-state index in [9.17, 15) is 4.79 Å². The lowest BCUT2D eigenvalue weighted by molar-refractivity contribution is 0.0944. The number of amides is 1. The first-order chi connectivity index (χ1) is 14.6. The van der Waals surface area contributed by atoms with Gasteiger partial charge in [0.2, 0.25) is 0 Å². The molecule has 0 bridgehead atoms. The van der Waals surface area contributed by atoms with Gasteiger partial charge in [-0.15, -0.1) is 0 Å². The van der Waals surface area contributed by atoms with Crippen molar-refractivity contribution < 1.29 is 9.53 Å². The Kier molecular flexibility index (Phi) is 5.95. The minimum absolute atomic E-state index is 0.234. The van der Waals surface area contributed by atoms with Crippen LogP contribution in [0, 0.1) is 6.92 Å². The third-order valence-electron chi connectivity index (χ3n) is 4.75. The molecule has 2 heterocycles. The van der Waals surface area contributed by atoms with E-state index < -0.39 is 0 Å². The van der Waals surface area contributed by atoms with Gasteiger partial charge < -0.3 is 14.6 Å². The van der Waals surface area contributed by atoms with Crippen LogP contribution in [0.4, 0.5) is 0 Å². The first-order valence-corrected chi connectivity index (χ1v) is 10.0. The summed E-state index contributed by atoms with van der Waals surface area (Å²) in [4.78, 5) is 21.1.